The van der Waals surface area contributed by atoms with E-state index in [9.17, 15) is 13.2 Å². The Hall–Kier alpha value is -1.84. The van der Waals surface area contributed by atoms with Crippen LogP contribution in [0.25, 0.3) is 0 Å². The lowest BCUT2D eigenvalue weighted by Gasteiger charge is -2.26. The van der Waals surface area contributed by atoms with Crippen molar-refractivity contribution in [2.45, 2.75) is 4.90 Å². The number of esters is 1. The zero-order valence-corrected chi connectivity index (χ0v) is 17.7. The number of carbonyl (C=O) groups is 1. The zero-order chi connectivity index (χ0) is 20.9. The number of benzene rings is 2. The number of rotatable bonds is 7. The van der Waals surface area contributed by atoms with Crippen LogP contribution in [0.1, 0.15) is 10.4 Å². The molecule has 0 N–H and O–H groups in total. The van der Waals surface area contributed by atoms with E-state index in [1.807, 2.05) is 0 Å². The molecule has 0 unspecified atom stereocenters. The van der Waals surface area contributed by atoms with Crippen molar-refractivity contribution in [1.82, 2.24) is 4.31 Å². The summed E-state index contributed by atoms with van der Waals surface area (Å²) in [6, 6.07) is 10.8. The Kier molecular flexibility index (Phi) is 7.37. The Bertz CT molecular complexity index is 959. The van der Waals surface area contributed by atoms with Gasteiger partial charge in [-0.2, -0.15) is 4.31 Å². The summed E-state index contributed by atoms with van der Waals surface area (Å²) in [4.78, 5) is 12.2. The molecule has 156 valence electrons. The highest BCUT2D eigenvalue weighted by molar-refractivity contribution is 7.89. The second-order valence-electron chi connectivity index (χ2n) is 6.10. The van der Waals surface area contributed by atoms with E-state index in [0.29, 0.717) is 24.0 Å². The van der Waals surface area contributed by atoms with Crippen molar-refractivity contribution in [3.63, 3.8) is 0 Å². The van der Waals surface area contributed by atoms with Gasteiger partial charge in [-0.15, -0.1) is 0 Å². The Morgan fingerprint density at radius 2 is 1.72 bits per heavy atom. The molecule has 0 amide bonds. The monoisotopic (exact) mass is 459 g/mol. The maximum absolute atomic E-state index is 12.8. The summed E-state index contributed by atoms with van der Waals surface area (Å²) in [6.45, 7) is 1.22. The molecule has 0 radical (unpaired) electrons. The lowest BCUT2D eigenvalue weighted by atomic mass is 10.2. The number of hydrogen-bond donors (Lipinski definition) is 0. The molecular formula is C19H19Cl2NO6S. The molecule has 0 atom stereocenters. The second kappa shape index (κ2) is 9.77. The molecule has 1 saturated heterocycles. The fraction of sp³-hybridized carbons (Fsp3) is 0.316. The third-order valence-electron chi connectivity index (χ3n) is 4.15. The van der Waals surface area contributed by atoms with E-state index >= 15 is 0 Å². The topological polar surface area (TPSA) is 82.1 Å². The van der Waals surface area contributed by atoms with Crippen LogP contribution in [0.3, 0.4) is 0 Å². The molecule has 1 aliphatic heterocycles. The largest absolute Gasteiger partial charge is 0.490 e. The molecule has 29 heavy (non-hydrogen) atoms. The van der Waals surface area contributed by atoms with Crippen LogP contribution in [0.4, 0.5) is 0 Å². The maximum Gasteiger partial charge on any atom is 0.338 e. The summed E-state index contributed by atoms with van der Waals surface area (Å²) >= 11 is 11.9. The van der Waals surface area contributed by atoms with Gasteiger partial charge in [0.1, 0.15) is 23.9 Å². The van der Waals surface area contributed by atoms with Crippen LogP contribution in [0, 0.1) is 0 Å². The minimum atomic E-state index is -3.84. The van der Waals surface area contributed by atoms with E-state index in [1.165, 1.54) is 22.5 Å². The number of halogens is 2. The molecule has 0 aromatic heterocycles. The molecular weight excluding hydrogens is 441 g/mol. The highest BCUT2D eigenvalue weighted by Crippen LogP contribution is 2.27. The van der Waals surface area contributed by atoms with Gasteiger partial charge in [0.05, 0.1) is 23.8 Å². The van der Waals surface area contributed by atoms with Gasteiger partial charge in [0.15, 0.2) is 0 Å². The third-order valence-corrected chi connectivity index (χ3v) is 6.79. The highest BCUT2D eigenvalue weighted by atomic mass is 35.5. The Labute approximate surface area is 179 Å². The summed E-state index contributed by atoms with van der Waals surface area (Å²) in [5.41, 5.74) is 0.0905. The SMILES string of the molecule is O=C(OCCOc1ccc(Cl)cc1)c1ccc(Cl)c(S(=O)(=O)N2CCOCC2)c1. The maximum atomic E-state index is 12.8. The van der Waals surface area contributed by atoms with Crippen LogP contribution in [-0.4, -0.2) is 58.2 Å². The zero-order valence-electron chi connectivity index (χ0n) is 15.3. The summed E-state index contributed by atoms with van der Waals surface area (Å²) in [6.07, 6.45) is 0. The van der Waals surface area contributed by atoms with Crippen LogP contribution >= 0.6 is 23.2 Å². The fourth-order valence-corrected chi connectivity index (χ4v) is 4.70. The van der Waals surface area contributed by atoms with Crippen molar-refractivity contribution in [2.75, 3.05) is 39.5 Å². The molecule has 0 aliphatic carbocycles. The molecule has 7 nitrogen and oxygen atoms in total. The summed E-state index contributed by atoms with van der Waals surface area (Å²) in [7, 11) is -3.84. The van der Waals surface area contributed by atoms with Crippen LogP contribution in [-0.2, 0) is 19.5 Å². The summed E-state index contributed by atoms with van der Waals surface area (Å²) in [5, 5.41) is 0.633. The summed E-state index contributed by atoms with van der Waals surface area (Å²) in [5.74, 6) is -0.0735. The van der Waals surface area contributed by atoms with Gasteiger partial charge < -0.3 is 14.2 Å². The molecule has 2 aromatic carbocycles. The normalized spacial score (nSPS) is 15.1. The number of hydrogen-bond acceptors (Lipinski definition) is 6. The van der Waals surface area contributed by atoms with Crippen LogP contribution in [0.2, 0.25) is 10.0 Å². The number of ether oxygens (including phenoxy) is 3. The van der Waals surface area contributed by atoms with Crippen LogP contribution < -0.4 is 4.74 Å². The predicted molar refractivity (Wildman–Crippen MR) is 108 cm³/mol. The highest BCUT2D eigenvalue weighted by Gasteiger charge is 2.29. The molecule has 3 rings (SSSR count). The van der Waals surface area contributed by atoms with Crippen LogP contribution in [0.5, 0.6) is 5.75 Å². The Morgan fingerprint density at radius 3 is 2.41 bits per heavy atom. The molecule has 0 bridgehead atoms. The Balaban J connectivity index is 1.62. The number of morpholine rings is 1. The third kappa shape index (κ3) is 5.61. The van der Waals surface area contributed by atoms with E-state index < -0.39 is 16.0 Å². The van der Waals surface area contributed by atoms with Crippen molar-refractivity contribution in [3.8, 4) is 5.75 Å². The first-order valence-corrected chi connectivity index (χ1v) is 11.0. The van der Waals surface area contributed by atoms with Crippen molar-refractivity contribution in [2.24, 2.45) is 0 Å². The Morgan fingerprint density at radius 1 is 1.03 bits per heavy atom. The van der Waals surface area contributed by atoms with Gasteiger partial charge in [0, 0.05) is 18.1 Å². The van der Waals surface area contributed by atoms with Gasteiger partial charge in [-0.1, -0.05) is 23.2 Å². The standard InChI is InChI=1S/C19H19Cl2NO6S/c20-15-2-4-16(5-3-15)27-11-12-28-19(23)14-1-6-17(21)18(13-14)29(24,25)22-7-9-26-10-8-22/h1-6,13H,7-12H2. The molecule has 1 aliphatic rings. The van der Waals surface area contributed by atoms with Crippen molar-refractivity contribution in [3.05, 3.63) is 58.1 Å². The van der Waals surface area contributed by atoms with Gasteiger partial charge >= 0.3 is 5.97 Å². The van der Waals surface area contributed by atoms with E-state index in [2.05, 4.69) is 0 Å². The quantitative estimate of drug-likeness (QED) is 0.466. The lowest BCUT2D eigenvalue weighted by molar-refractivity contribution is 0.0450. The first-order chi connectivity index (χ1) is 13.9. The summed E-state index contributed by atoms with van der Waals surface area (Å²) < 4.78 is 42.7. The van der Waals surface area contributed by atoms with Crippen molar-refractivity contribution in [1.29, 1.82) is 0 Å². The fourth-order valence-electron chi connectivity index (χ4n) is 2.66. The average molecular weight is 460 g/mol. The first-order valence-electron chi connectivity index (χ1n) is 8.81. The van der Waals surface area contributed by atoms with Gasteiger partial charge in [-0.3, -0.25) is 0 Å². The number of carbonyl (C=O) groups excluding carboxylic acids is 1. The van der Waals surface area contributed by atoms with E-state index in [4.69, 9.17) is 37.4 Å². The second-order valence-corrected chi connectivity index (χ2v) is 8.85. The average Bonchev–Trinajstić information content (AvgIpc) is 2.73. The molecule has 2 aromatic rings. The minimum Gasteiger partial charge on any atom is -0.490 e. The van der Waals surface area contributed by atoms with Crippen molar-refractivity contribution < 1.29 is 27.4 Å². The minimum absolute atomic E-state index is 0.00433. The molecule has 1 heterocycles. The van der Waals surface area contributed by atoms with E-state index in [1.54, 1.807) is 24.3 Å². The van der Waals surface area contributed by atoms with Gasteiger partial charge in [0.25, 0.3) is 0 Å². The number of sulfonamides is 1. The lowest BCUT2D eigenvalue weighted by Crippen LogP contribution is -2.40. The van der Waals surface area contributed by atoms with Gasteiger partial charge in [-0.05, 0) is 42.5 Å². The predicted octanol–water partition coefficient (Wildman–Crippen LogP) is 3.25. The smallest absolute Gasteiger partial charge is 0.338 e. The van der Waals surface area contributed by atoms with Crippen molar-refractivity contribution >= 4 is 39.2 Å². The van der Waals surface area contributed by atoms with Gasteiger partial charge in [-0.25, -0.2) is 13.2 Å². The first kappa shape index (κ1) is 21.9. The molecule has 1 fully saturated rings. The van der Waals surface area contributed by atoms with E-state index in [-0.39, 0.29) is 41.8 Å². The molecule has 0 saturated carbocycles. The molecule has 0 spiro atoms. The van der Waals surface area contributed by atoms with Gasteiger partial charge in [0.2, 0.25) is 10.0 Å². The molecule has 10 heteroatoms. The van der Waals surface area contributed by atoms with E-state index in [0.717, 1.165) is 0 Å². The number of nitrogens with zero attached hydrogens (tertiary/aromatic N) is 1. The van der Waals surface area contributed by atoms with Crippen LogP contribution in [0.15, 0.2) is 47.4 Å².